The van der Waals surface area contributed by atoms with E-state index in [4.69, 9.17) is 25.7 Å². The van der Waals surface area contributed by atoms with Crippen molar-refractivity contribution in [2.24, 2.45) is 22.4 Å². The smallest absolute Gasteiger partial charge is 0.303 e. The normalized spacial score (nSPS) is 25.0. The fraction of sp³-hybridized carbons (Fsp3) is 0.481. The van der Waals surface area contributed by atoms with Crippen molar-refractivity contribution in [3.63, 3.8) is 0 Å². The summed E-state index contributed by atoms with van der Waals surface area (Å²) in [6.45, 7) is 3.06. The molecule has 2 heterocycles. The molecule has 4 atom stereocenters. The Hall–Kier alpha value is -3.26. The Morgan fingerprint density at radius 2 is 2.00 bits per heavy atom. The molecule has 8 heteroatoms. The van der Waals surface area contributed by atoms with Gasteiger partial charge in [-0.3, -0.25) is 9.79 Å². The van der Waals surface area contributed by atoms with Gasteiger partial charge in [0.1, 0.15) is 23.7 Å². The van der Waals surface area contributed by atoms with E-state index in [9.17, 15) is 9.90 Å². The monoisotopic (exact) mass is 481 g/mol. The molecule has 0 amide bonds. The number of carboxylic acid groups (broad SMARTS) is 1. The largest absolute Gasteiger partial charge is 0.489 e. The Morgan fingerprint density at radius 3 is 2.74 bits per heavy atom. The number of nitrogens with two attached hydrogens (primary N) is 2. The number of aliphatic imine (C=N–C) groups is 1. The molecule has 0 aliphatic carbocycles. The first kappa shape index (κ1) is 24.9. The van der Waals surface area contributed by atoms with E-state index in [1.165, 1.54) is 0 Å². The van der Waals surface area contributed by atoms with E-state index in [1.54, 1.807) is 0 Å². The van der Waals surface area contributed by atoms with Gasteiger partial charge in [-0.25, -0.2) is 0 Å². The van der Waals surface area contributed by atoms with Gasteiger partial charge in [-0.1, -0.05) is 30.3 Å². The van der Waals surface area contributed by atoms with E-state index in [-0.39, 0.29) is 30.5 Å². The lowest BCUT2D eigenvalue weighted by Gasteiger charge is -2.50. The molecule has 2 aliphatic rings. The summed E-state index contributed by atoms with van der Waals surface area (Å²) in [5.74, 6) is 0.809. The standard InChI is InChI=1S/C27H35N3O5/c1-27(14-13-24(31)32)22-11-9-19(8-5-15-30-26(28)29)34-25(22)21-16-20(10-12-23(21)35-27)33-17-18-6-3-2-4-7-18/h2-4,6-7,10,12,16,19,22,25H,5,8-9,11,13-15,17H2,1H3,(H,31,32)(H4,28,29,30)/t19-,22-,25+,27+/m1/s1. The average molecular weight is 482 g/mol. The second-order valence-corrected chi connectivity index (χ2v) is 9.59. The van der Waals surface area contributed by atoms with Gasteiger partial charge in [-0.2, -0.15) is 0 Å². The molecule has 0 bridgehead atoms. The van der Waals surface area contributed by atoms with Gasteiger partial charge < -0.3 is 30.8 Å². The SMILES string of the molecule is C[C@@]1(CCC(=O)O)Oc2ccc(OCc3ccccc3)cc2[C@@H]2O[C@H](CCCN=C(N)N)CC[C@H]21. The van der Waals surface area contributed by atoms with Gasteiger partial charge in [0.2, 0.25) is 0 Å². The van der Waals surface area contributed by atoms with E-state index < -0.39 is 11.6 Å². The zero-order chi connectivity index (χ0) is 24.8. The third-order valence-corrected chi connectivity index (χ3v) is 6.98. The number of carbonyl (C=O) groups is 1. The molecule has 1 fully saturated rings. The molecule has 1 saturated heterocycles. The fourth-order valence-corrected chi connectivity index (χ4v) is 5.13. The molecule has 35 heavy (non-hydrogen) atoms. The predicted octanol–water partition coefficient (Wildman–Crippen LogP) is 4.17. The minimum absolute atomic E-state index is 0.0488. The number of hydrogen-bond donors (Lipinski definition) is 3. The minimum atomic E-state index is -0.823. The molecule has 0 spiro atoms. The molecule has 0 aromatic heterocycles. The highest BCUT2D eigenvalue weighted by Gasteiger charge is 2.50. The molecule has 8 nitrogen and oxygen atoms in total. The van der Waals surface area contributed by atoms with Crippen molar-refractivity contribution >= 4 is 11.9 Å². The molecule has 5 N–H and O–H groups in total. The maximum absolute atomic E-state index is 11.3. The number of rotatable bonds is 10. The quantitative estimate of drug-likeness (QED) is 0.264. The van der Waals surface area contributed by atoms with E-state index in [2.05, 4.69) is 4.99 Å². The fourth-order valence-electron chi connectivity index (χ4n) is 5.13. The van der Waals surface area contributed by atoms with Crippen molar-refractivity contribution in [3.8, 4) is 11.5 Å². The Bertz CT molecular complexity index is 1040. The molecule has 188 valence electrons. The van der Waals surface area contributed by atoms with Crippen LogP contribution in [0.1, 0.15) is 62.7 Å². The number of carboxylic acids is 1. The topological polar surface area (TPSA) is 129 Å². The summed E-state index contributed by atoms with van der Waals surface area (Å²) in [6.07, 6.45) is 3.82. The third kappa shape index (κ3) is 6.25. The Kier molecular flexibility index (Phi) is 7.80. The number of guanidine groups is 1. The lowest BCUT2D eigenvalue weighted by Crippen LogP contribution is -2.50. The Morgan fingerprint density at radius 1 is 1.20 bits per heavy atom. The van der Waals surface area contributed by atoms with Gasteiger partial charge in [-0.05, 0) is 62.8 Å². The maximum atomic E-state index is 11.3. The molecule has 2 aromatic carbocycles. The minimum Gasteiger partial charge on any atom is -0.489 e. The first-order valence-electron chi connectivity index (χ1n) is 12.3. The number of hydrogen-bond acceptors (Lipinski definition) is 5. The summed E-state index contributed by atoms with van der Waals surface area (Å²) in [6, 6.07) is 15.8. The summed E-state index contributed by atoms with van der Waals surface area (Å²) in [4.78, 5) is 15.4. The van der Waals surface area contributed by atoms with Crippen LogP contribution in [0.2, 0.25) is 0 Å². The average Bonchev–Trinajstić information content (AvgIpc) is 2.85. The van der Waals surface area contributed by atoms with Crippen LogP contribution in [0.5, 0.6) is 11.5 Å². The van der Waals surface area contributed by atoms with Gasteiger partial charge in [-0.15, -0.1) is 0 Å². The number of benzene rings is 2. The van der Waals surface area contributed by atoms with Gasteiger partial charge in [0.15, 0.2) is 5.96 Å². The lowest BCUT2D eigenvalue weighted by atomic mass is 9.72. The van der Waals surface area contributed by atoms with E-state index in [0.717, 1.165) is 48.3 Å². The summed E-state index contributed by atoms with van der Waals surface area (Å²) in [5, 5.41) is 9.31. The molecular weight excluding hydrogens is 446 g/mol. The maximum Gasteiger partial charge on any atom is 0.303 e. The molecule has 2 aliphatic heterocycles. The van der Waals surface area contributed by atoms with Crippen LogP contribution in [0.4, 0.5) is 0 Å². The zero-order valence-electron chi connectivity index (χ0n) is 20.2. The van der Waals surface area contributed by atoms with Crippen LogP contribution < -0.4 is 20.9 Å². The van der Waals surface area contributed by atoms with Crippen molar-refractivity contribution in [1.29, 1.82) is 0 Å². The zero-order valence-corrected chi connectivity index (χ0v) is 20.2. The van der Waals surface area contributed by atoms with E-state index in [1.807, 2.05) is 55.5 Å². The number of fused-ring (bicyclic) bond motifs is 3. The molecule has 0 unspecified atom stereocenters. The third-order valence-electron chi connectivity index (χ3n) is 6.98. The van der Waals surface area contributed by atoms with Crippen LogP contribution in [-0.4, -0.2) is 35.3 Å². The van der Waals surface area contributed by atoms with Gasteiger partial charge in [0, 0.05) is 24.4 Å². The predicted molar refractivity (Wildman–Crippen MR) is 133 cm³/mol. The van der Waals surface area contributed by atoms with Crippen molar-refractivity contribution in [2.45, 2.75) is 69.9 Å². The molecule has 0 saturated carbocycles. The Labute approximate surface area is 206 Å². The summed E-state index contributed by atoms with van der Waals surface area (Å²) in [7, 11) is 0. The van der Waals surface area contributed by atoms with Crippen molar-refractivity contribution in [2.75, 3.05) is 6.54 Å². The molecule has 2 aromatic rings. The van der Waals surface area contributed by atoms with Crippen LogP contribution in [0.15, 0.2) is 53.5 Å². The highest BCUT2D eigenvalue weighted by molar-refractivity contribution is 5.75. The van der Waals surface area contributed by atoms with Gasteiger partial charge in [0.05, 0.1) is 12.2 Å². The number of aliphatic carboxylic acids is 1. The second kappa shape index (κ2) is 11.0. The molecular formula is C27H35N3O5. The van der Waals surface area contributed by atoms with Gasteiger partial charge in [0.25, 0.3) is 0 Å². The first-order chi connectivity index (χ1) is 16.8. The van der Waals surface area contributed by atoms with Crippen molar-refractivity contribution in [1.82, 2.24) is 0 Å². The number of nitrogens with zero attached hydrogens (tertiary/aromatic N) is 1. The highest BCUT2D eigenvalue weighted by Crippen LogP contribution is 2.53. The van der Waals surface area contributed by atoms with Crippen LogP contribution in [0, 0.1) is 5.92 Å². The second-order valence-electron chi connectivity index (χ2n) is 9.59. The van der Waals surface area contributed by atoms with Crippen LogP contribution in [0.25, 0.3) is 0 Å². The van der Waals surface area contributed by atoms with Crippen molar-refractivity contribution < 1.29 is 24.1 Å². The van der Waals surface area contributed by atoms with Gasteiger partial charge >= 0.3 is 5.97 Å². The molecule has 0 radical (unpaired) electrons. The van der Waals surface area contributed by atoms with E-state index in [0.29, 0.717) is 19.6 Å². The summed E-state index contributed by atoms with van der Waals surface area (Å²) >= 11 is 0. The van der Waals surface area contributed by atoms with E-state index >= 15 is 0 Å². The summed E-state index contributed by atoms with van der Waals surface area (Å²) in [5.41, 5.74) is 12.3. The van der Waals surface area contributed by atoms with Crippen LogP contribution in [-0.2, 0) is 16.1 Å². The van der Waals surface area contributed by atoms with Crippen LogP contribution in [0.3, 0.4) is 0 Å². The van der Waals surface area contributed by atoms with Crippen molar-refractivity contribution in [3.05, 3.63) is 59.7 Å². The van der Waals surface area contributed by atoms with Crippen LogP contribution >= 0.6 is 0 Å². The number of ether oxygens (including phenoxy) is 3. The molecule has 4 rings (SSSR count). The summed E-state index contributed by atoms with van der Waals surface area (Å²) < 4.78 is 19.2. The lowest BCUT2D eigenvalue weighted by molar-refractivity contribution is -0.162. The Balaban J connectivity index is 1.54. The highest BCUT2D eigenvalue weighted by atomic mass is 16.5. The first-order valence-corrected chi connectivity index (χ1v) is 12.3.